The van der Waals surface area contributed by atoms with Gasteiger partial charge in [0.25, 0.3) is 0 Å². The maximum atomic E-state index is 13.1. The van der Waals surface area contributed by atoms with Gasteiger partial charge < -0.3 is 4.90 Å². The van der Waals surface area contributed by atoms with Gasteiger partial charge in [-0.15, -0.1) is 0 Å². The number of anilines is 1. The van der Waals surface area contributed by atoms with E-state index in [0.29, 0.717) is 24.2 Å². The molecule has 1 aliphatic heterocycles. The largest absolute Gasteiger partial charge is 0.416 e. The molecule has 0 amide bonds. The van der Waals surface area contributed by atoms with Gasteiger partial charge in [0, 0.05) is 31.4 Å². The number of hydrogen-bond donors (Lipinski definition) is 0. The van der Waals surface area contributed by atoms with Crippen molar-refractivity contribution in [1.29, 1.82) is 5.26 Å². The van der Waals surface area contributed by atoms with Crippen molar-refractivity contribution in [2.75, 3.05) is 24.2 Å². The van der Waals surface area contributed by atoms with Gasteiger partial charge >= 0.3 is 6.18 Å². The predicted octanol–water partition coefficient (Wildman–Crippen LogP) is 4.27. The molecule has 0 saturated carbocycles. The molecule has 0 spiro atoms. The summed E-state index contributed by atoms with van der Waals surface area (Å²) in [4.78, 5) is 1.84. The van der Waals surface area contributed by atoms with Crippen LogP contribution in [0.15, 0.2) is 42.5 Å². The first-order valence-electron chi connectivity index (χ1n) is 9.06. The minimum absolute atomic E-state index is 0.133. The van der Waals surface area contributed by atoms with E-state index in [2.05, 4.69) is 0 Å². The second-order valence-corrected chi connectivity index (χ2v) is 9.56. The number of benzene rings is 2. The number of nitriles is 1. The van der Waals surface area contributed by atoms with Crippen molar-refractivity contribution < 1.29 is 21.6 Å². The predicted molar refractivity (Wildman–Crippen MR) is 109 cm³/mol. The molecule has 5 nitrogen and oxygen atoms in total. The third kappa shape index (κ3) is 5.06. The molecule has 1 aliphatic rings. The van der Waals surface area contributed by atoms with Crippen molar-refractivity contribution >= 4 is 27.3 Å². The molecular formula is C20H19ClF3N3O2S. The van der Waals surface area contributed by atoms with Crippen LogP contribution in [-0.4, -0.2) is 38.1 Å². The summed E-state index contributed by atoms with van der Waals surface area (Å²) in [5, 5.41) is 9.32. The zero-order chi connectivity index (χ0) is 22.1. The number of halogens is 4. The Morgan fingerprint density at radius 2 is 2.00 bits per heavy atom. The number of sulfonamides is 1. The molecule has 0 N–H and O–H groups in total. The average molecular weight is 458 g/mol. The van der Waals surface area contributed by atoms with Gasteiger partial charge in [-0.3, -0.25) is 0 Å². The topological polar surface area (TPSA) is 64.4 Å². The molecular weight excluding hydrogens is 439 g/mol. The maximum absolute atomic E-state index is 13.1. The van der Waals surface area contributed by atoms with Crippen LogP contribution in [0.4, 0.5) is 18.9 Å². The summed E-state index contributed by atoms with van der Waals surface area (Å²) in [6.45, 7) is 0.677. The Kier molecular flexibility index (Phi) is 6.32. The van der Waals surface area contributed by atoms with Crippen LogP contribution in [0.5, 0.6) is 0 Å². The highest BCUT2D eigenvalue weighted by Crippen LogP contribution is 2.32. The maximum Gasteiger partial charge on any atom is 0.416 e. The van der Waals surface area contributed by atoms with Crippen LogP contribution in [0.3, 0.4) is 0 Å². The van der Waals surface area contributed by atoms with Crippen molar-refractivity contribution in [3.63, 3.8) is 0 Å². The van der Waals surface area contributed by atoms with Gasteiger partial charge in [-0.1, -0.05) is 23.7 Å². The van der Waals surface area contributed by atoms with Crippen LogP contribution >= 0.6 is 11.6 Å². The zero-order valence-corrected chi connectivity index (χ0v) is 17.6. The summed E-state index contributed by atoms with van der Waals surface area (Å²) in [5.74, 6) is 0. The Balaban J connectivity index is 1.97. The summed E-state index contributed by atoms with van der Waals surface area (Å²) in [7, 11) is -3.38. The number of hydrogen-bond acceptors (Lipinski definition) is 4. The Labute approximate surface area is 178 Å². The first-order valence-corrected chi connectivity index (χ1v) is 11.3. The van der Waals surface area contributed by atoms with E-state index in [1.54, 1.807) is 24.3 Å². The summed E-state index contributed by atoms with van der Waals surface area (Å²) in [6, 6.07) is 11.5. The molecule has 0 aromatic heterocycles. The van der Waals surface area contributed by atoms with E-state index in [0.717, 1.165) is 18.4 Å². The second-order valence-electron chi connectivity index (χ2n) is 7.17. The minimum Gasteiger partial charge on any atom is -0.363 e. The molecule has 1 fully saturated rings. The van der Waals surface area contributed by atoms with E-state index in [9.17, 15) is 21.6 Å². The van der Waals surface area contributed by atoms with E-state index < -0.39 is 21.8 Å². The summed E-state index contributed by atoms with van der Waals surface area (Å²) in [6.07, 6.45) is -2.81. The molecule has 1 atom stereocenters. The van der Waals surface area contributed by atoms with Gasteiger partial charge in [-0.2, -0.15) is 18.4 Å². The normalized spacial score (nSPS) is 17.7. The molecule has 0 bridgehead atoms. The molecule has 1 heterocycles. The highest BCUT2D eigenvalue weighted by Gasteiger charge is 2.34. The molecule has 2 aromatic rings. The fourth-order valence-corrected chi connectivity index (χ4v) is 4.61. The number of nitrogens with zero attached hydrogens (tertiary/aromatic N) is 3. The highest BCUT2D eigenvalue weighted by atomic mass is 35.5. The zero-order valence-electron chi connectivity index (χ0n) is 16.0. The lowest BCUT2D eigenvalue weighted by molar-refractivity contribution is -0.137. The van der Waals surface area contributed by atoms with Crippen LogP contribution < -0.4 is 4.90 Å². The molecule has 160 valence electrons. The van der Waals surface area contributed by atoms with Gasteiger partial charge in [0.1, 0.15) is 6.07 Å². The molecule has 10 heteroatoms. The van der Waals surface area contributed by atoms with Gasteiger partial charge in [-0.25, -0.2) is 12.7 Å². The molecule has 1 saturated heterocycles. The van der Waals surface area contributed by atoms with E-state index in [1.165, 1.54) is 10.4 Å². The van der Waals surface area contributed by atoms with Crippen molar-refractivity contribution in [3.05, 3.63) is 64.2 Å². The fraction of sp³-hybridized carbons (Fsp3) is 0.350. The van der Waals surface area contributed by atoms with E-state index in [4.69, 9.17) is 16.9 Å². The monoisotopic (exact) mass is 457 g/mol. The fourth-order valence-electron chi connectivity index (χ4n) is 3.51. The Morgan fingerprint density at radius 3 is 2.57 bits per heavy atom. The standard InChI is InChI=1S/C20H19ClF3N3O2S/c1-30(28,29)26-8-7-18(13-26)27(17-6-5-15(11-25)19(21)10-17)12-14-3-2-4-16(9-14)20(22,23)24/h2-6,9-10,18H,7-8,12-13H2,1H3/t18-/m0/s1. The lowest BCUT2D eigenvalue weighted by atomic mass is 10.1. The van der Waals surface area contributed by atoms with Crippen LogP contribution in [-0.2, 0) is 22.7 Å². The average Bonchev–Trinajstić information content (AvgIpc) is 3.16. The third-order valence-electron chi connectivity index (χ3n) is 5.05. The summed E-state index contributed by atoms with van der Waals surface area (Å²) >= 11 is 6.17. The molecule has 0 unspecified atom stereocenters. The Morgan fingerprint density at radius 1 is 1.27 bits per heavy atom. The SMILES string of the molecule is CS(=O)(=O)N1CC[C@H](N(Cc2cccc(C(F)(F)F)c2)c2ccc(C#N)c(Cl)c2)C1. The smallest absolute Gasteiger partial charge is 0.363 e. The molecule has 0 radical (unpaired) electrons. The first kappa shape index (κ1) is 22.4. The van der Waals surface area contributed by atoms with Gasteiger partial charge in [0.05, 0.1) is 22.4 Å². The lowest BCUT2D eigenvalue weighted by Gasteiger charge is -2.32. The quantitative estimate of drug-likeness (QED) is 0.672. The van der Waals surface area contributed by atoms with Gasteiger partial charge in [0.15, 0.2) is 0 Å². The lowest BCUT2D eigenvalue weighted by Crippen LogP contribution is -2.38. The Bertz CT molecular complexity index is 1080. The third-order valence-corrected chi connectivity index (χ3v) is 6.63. The number of rotatable bonds is 5. The van der Waals surface area contributed by atoms with Gasteiger partial charge in [0.2, 0.25) is 10.0 Å². The van der Waals surface area contributed by atoms with Crippen LogP contribution in [0.25, 0.3) is 0 Å². The molecule has 0 aliphatic carbocycles. The van der Waals surface area contributed by atoms with Gasteiger partial charge in [-0.05, 0) is 42.3 Å². The van der Waals surface area contributed by atoms with Crippen molar-refractivity contribution in [2.24, 2.45) is 0 Å². The van der Waals surface area contributed by atoms with E-state index in [1.807, 2.05) is 11.0 Å². The van der Waals surface area contributed by atoms with E-state index in [-0.39, 0.29) is 29.7 Å². The van der Waals surface area contributed by atoms with Crippen molar-refractivity contribution in [3.8, 4) is 6.07 Å². The molecule has 3 rings (SSSR count). The molecule has 30 heavy (non-hydrogen) atoms. The minimum atomic E-state index is -4.46. The van der Waals surface area contributed by atoms with E-state index >= 15 is 0 Å². The van der Waals surface area contributed by atoms with Crippen molar-refractivity contribution in [1.82, 2.24) is 4.31 Å². The molecule has 2 aromatic carbocycles. The second kappa shape index (κ2) is 8.46. The first-order chi connectivity index (χ1) is 14.0. The Hall–Kier alpha value is -2.28. The number of alkyl halides is 3. The van der Waals surface area contributed by atoms with Crippen LogP contribution in [0.1, 0.15) is 23.1 Å². The summed E-state index contributed by atoms with van der Waals surface area (Å²) < 4.78 is 64.5. The van der Waals surface area contributed by atoms with Crippen LogP contribution in [0.2, 0.25) is 5.02 Å². The highest BCUT2D eigenvalue weighted by molar-refractivity contribution is 7.88. The van der Waals surface area contributed by atoms with Crippen LogP contribution in [0, 0.1) is 11.3 Å². The van der Waals surface area contributed by atoms with Crippen molar-refractivity contribution in [2.45, 2.75) is 25.2 Å². The summed E-state index contributed by atoms with van der Waals surface area (Å²) in [5.41, 5.74) is 0.575.